The molecule has 0 unspecified atom stereocenters. The average Bonchev–Trinajstić information content (AvgIpc) is 2.32. The summed E-state index contributed by atoms with van der Waals surface area (Å²) in [5.74, 6) is 0. The summed E-state index contributed by atoms with van der Waals surface area (Å²) in [6, 6.07) is 0. The van der Waals surface area contributed by atoms with E-state index in [9.17, 15) is 0 Å². The Hall–Kier alpha value is -0.0262. The molecule has 0 aliphatic heterocycles. The van der Waals surface area contributed by atoms with Gasteiger partial charge in [-0.05, 0) is 38.9 Å². The molecular weight excluding hydrogens is 298 g/mol. The van der Waals surface area contributed by atoms with E-state index in [0.29, 0.717) is 0 Å². The summed E-state index contributed by atoms with van der Waals surface area (Å²) >= 11 is 0. The van der Waals surface area contributed by atoms with Gasteiger partial charge >= 0.3 is 0 Å². The third-order valence-electron chi connectivity index (χ3n) is 4.10. The third-order valence-corrected chi connectivity index (χ3v) is 8.31. The molecule has 0 spiro atoms. The molecule has 0 amide bonds. The predicted molar refractivity (Wildman–Crippen MR) is 110 cm³/mol. The van der Waals surface area contributed by atoms with Crippen molar-refractivity contribution in [1.82, 2.24) is 4.57 Å². The maximum atomic E-state index is 2.83. The Morgan fingerprint density at radius 2 is 1.45 bits per heavy atom. The van der Waals surface area contributed by atoms with Gasteiger partial charge < -0.3 is 4.57 Å². The lowest BCUT2D eigenvalue weighted by molar-refractivity contribution is 0.305. The van der Waals surface area contributed by atoms with E-state index < -0.39 is 17.0 Å². The second-order valence-electron chi connectivity index (χ2n) is 9.02. The van der Waals surface area contributed by atoms with Crippen molar-refractivity contribution in [3.63, 3.8) is 0 Å². The van der Waals surface area contributed by atoms with Gasteiger partial charge in [0.2, 0.25) is 0 Å². The summed E-state index contributed by atoms with van der Waals surface area (Å²) in [6.45, 7) is 21.9. The first kappa shape index (κ1) is 22.0. The van der Waals surface area contributed by atoms with Gasteiger partial charge in [0, 0.05) is 5.54 Å². The normalized spacial score (nSPS) is 13.8. The van der Waals surface area contributed by atoms with Gasteiger partial charge in [-0.1, -0.05) is 77.8 Å². The lowest BCUT2D eigenvalue weighted by atomic mass is 10.1. The lowest BCUT2D eigenvalue weighted by Gasteiger charge is -2.49. The van der Waals surface area contributed by atoms with Crippen LogP contribution in [0.1, 0.15) is 72.6 Å². The molecule has 0 radical (unpaired) electrons. The molecular formula is C19H43NSi2. The highest BCUT2D eigenvalue weighted by atomic mass is 28.3. The maximum absolute atomic E-state index is 2.83. The first-order valence-corrected chi connectivity index (χ1v) is 15.9. The molecule has 0 saturated heterocycles. The maximum Gasteiger partial charge on any atom is 0.147 e. The SMILES string of the molecule is CCCCCCCCC=C(N(C(C)(C)C)[Si](C)(C)C)[SiH](C)C. The molecule has 22 heavy (non-hydrogen) atoms. The van der Waals surface area contributed by atoms with Crippen molar-refractivity contribution in [3.05, 3.63) is 11.4 Å². The van der Waals surface area contributed by atoms with Crippen molar-refractivity contribution >= 4 is 17.0 Å². The van der Waals surface area contributed by atoms with Crippen LogP contribution in [0, 0.1) is 0 Å². The van der Waals surface area contributed by atoms with Crippen LogP contribution in [0.5, 0.6) is 0 Å². The van der Waals surface area contributed by atoms with E-state index in [1.807, 2.05) is 0 Å². The van der Waals surface area contributed by atoms with Crippen LogP contribution in [-0.4, -0.2) is 27.1 Å². The Labute approximate surface area is 144 Å². The minimum absolute atomic E-state index is 0.259. The highest BCUT2D eigenvalue weighted by molar-refractivity contribution is 6.76. The standard InChI is InChI=1S/C19H43NSi2/c1-10-11-12-13-14-15-16-17-18(21(5)6)20(19(2,3)4)22(7,8)9/h17,21H,10-16H2,1-9H3. The topological polar surface area (TPSA) is 3.24 Å². The number of allylic oxidation sites excluding steroid dienone is 1. The van der Waals surface area contributed by atoms with Crippen LogP contribution in [0.25, 0.3) is 0 Å². The van der Waals surface area contributed by atoms with E-state index in [-0.39, 0.29) is 5.54 Å². The van der Waals surface area contributed by atoms with Crippen LogP contribution >= 0.6 is 0 Å². The molecule has 1 nitrogen and oxygen atoms in total. The van der Waals surface area contributed by atoms with E-state index in [4.69, 9.17) is 0 Å². The van der Waals surface area contributed by atoms with E-state index >= 15 is 0 Å². The van der Waals surface area contributed by atoms with Gasteiger partial charge in [0.15, 0.2) is 0 Å². The molecule has 0 N–H and O–H groups in total. The summed E-state index contributed by atoms with van der Waals surface area (Å²) < 4.78 is 2.83. The van der Waals surface area contributed by atoms with Crippen LogP contribution in [0.3, 0.4) is 0 Å². The monoisotopic (exact) mass is 341 g/mol. The van der Waals surface area contributed by atoms with E-state index in [1.54, 1.807) is 5.32 Å². The lowest BCUT2D eigenvalue weighted by Crippen LogP contribution is -2.57. The zero-order valence-electron chi connectivity index (χ0n) is 17.1. The van der Waals surface area contributed by atoms with Crippen molar-refractivity contribution in [3.8, 4) is 0 Å². The van der Waals surface area contributed by atoms with Crippen molar-refractivity contribution < 1.29 is 0 Å². The molecule has 0 heterocycles. The van der Waals surface area contributed by atoms with Crippen LogP contribution in [0.4, 0.5) is 0 Å². The Kier molecular flexibility index (Phi) is 9.96. The largest absolute Gasteiger partial charge is 0.401 e. The average molecular weight is 342 g/mol. The van der Waals surface area contributed by atoms with Crippen LogP contribution in [0.2, 0.25) is 32.7 Å². The van der Waals surface area contributed by atoms with Crippen molar-refractivity contribution in [2.75, 3.05) is 0 Å². The number of hydrogen-bond acceptors (Lipinski definition) is 1. The highest BCUT2D eigenvalue weighted by Gasteiger charge is 2.35. The predicted octanol–water partition coefficient (Wildman–Crippen LogP) is 6.58. The molecule has 3 heteroatoms. The Morgan fingerprint density at radius 3 is 1.86 bits per heavy atom. The summed E-state index contributed by atoms with van der Waals surface area (Å²) in [5.41, 5.74) is 0.259. The second kappa shape index (κ2) is 9.97. The zero-order valence-corrected chi connectivity index (χ0v) is 19.2. The van der Waals surface area contributed by atoms with Gasteiger partial charge in [-0.25, -0.2) is 0 Å². The second-order valence-corrected chi connectivity index (χ2v) is 16.7. The first-order chi connectivity index (χ1) is 10.0. The number of unbranched alkanes of at least 4 members (excludes halogenated alkanes) is 6. The summed E-state index contributed by atoms with van der Waals surface area (Å²) in [7, 11) is -2.13. The fraction of sp³-hybridized carbons (Fsp3) is 0.895. The Bertz CT molecular complexity index is 307. The van der Waals surface area contributed by atoms with Crippen molar-refractivity contribution in [2.24, 2.45) is 0 Å². The fourth-order valence-electron chi connectivity index (χ4n) is 3.54. The Balaban J connectivity index is 4.78. The molecule has 132 valence electrons. The molecule has 0 aliphatic rings. The number of hydrogen-bond donors (Lipinski definition) is 0. The molecule has 0 aromatic rings. The zero-order chi connectivity index (χ0) is 17.4. The number of nitrogens with zero attached hydrogens (tertiary/aromatic N) is 1. The summed E-state index contributed by atoms with van der Waals surface area (Å²) in [5, 5.41) is 1.72. The molecule has 0 aromatic carbocycles. The van der Waals surface area contributed by atoms with Crippen LogP contribution < -0.4 is 0 Å². The summed E-state index contributed by atoms with van der Waals surface area (Å²) in [6.07, 6.45) is 12.3. The van der Waals surface area contributed by atoms with E-state index in [1.165, 1.54) is 44.9 Å². The van der Waals surface area contributed by atoms with Gasteiger partial charge in [-0.2, -0.15) is 0 Å². The van der Waals surface area contributed by atoms with Crippen LogP contribution in [0.15, 0.2) is 11.4 Å². The van der Waals surface area contributed by atoms with E-state index in [0.717, 1.165) is 0 Å². The minimum Gasteiger partial charge on any atom is -0.401 e. The van der Waals surface area contributed by atoms with E-state index in [2.05, 4.69) is 71.1 Å². The Morgan fingerprint density at radius 1 is 0.955 bits per heavy atom. The molecule has 0 aliphatic carbocycles. The molecule has 0 atom stereocenters. The van der Waals surface area contributed by atoms with Gasteiger partial charge in [-0.15, -0.1) is 0 Å². The minimum atomic E-state index is -1.33. The van der Waals surface area contributed by atoms with Crippen molar-refractivity contribution in [2.45, 2.75) is 111 Å². The first-order valence-electron chi connectivity index (χ1n) is 9.52. The van der Waals surface area contributed by atoms with Gasteiger partial charge in [0.1, 0.15) is 8.24 Å². The molecule has 0 saturated carbocycles. The number of rotatable bonds is 10. The van der Waals surface area contributed by atoms with Gasteiger partial charge in [0.25, 0.3) is 0 Å². The van der Waals surface area contributed by atoms with Gasteiger partial charge in [-0.3, -0.25) is 0 Å². The van der Waals surface area contributed by atoms with Crippen LogP contribution in [-0.2, 0) is 0 Å². The molecule has 0 rings (SSSR count). The summed E-state index contributed by atoms with van der Waals surface area (Å²) in [4.78, 5) is 0. The van der Waals surface area contributed by atoms with Crippen molar-refractivity contribution in [1.29, 1.82) is 0 Å². The molecule has 0 fully saturated rings. The smallest absolute Gasteiger partial charge is 0.147 e. The fourth-order valence-corrected chi connectivity index (χ4v) is 9.90. The molecule has 0 bridgehead atoms. The quantitative estimate of drug-likeness (QED) is 0.320. The molecule has 0 aromatic heterocycles. The highest BCUT2D eigenvalue weighted by Crippen LogP contribution is 2.29. The van der Waals surface area contributed by atoms with Gasteiger partial charge in [0.05, 0.1) is 8.80 Å². The third kappa shape index (κ3) is 8.57.